The van der Waals surface area contributed by atoms with Crippen LogP contribution in [0.4, 0.5) is 0 Å². The van der Waals surface area contributed by atoms with Crippen molar-refractivity contribution in [3.05, 3.63) is 16.2 Å². The lowest BCUT2D eigenvalue weighted by Crippen LogP contribution is -2.14. The van der Waals surface area contributed by atoms with Crippen molar-refractivity contribution in [2.24, 2.45) is 0 Å². The Balaban J connectivity index is 2.25. The molecule has 0 fully saturated rings. The SMILES string of the molecule is CCC(NC)c1nnc(-c2cnc(C)s2)s1. The minimum atomic E-state index is 0.306. The van der Waals surface area contributed by atoms with Gasteiger partial charge in [0.05, 0.1) is 15.9 Å². The van der Waals surface area contributed by atoms with Crippen LogP contribution in [0.25, 0.3) is 9.88 Å². The normalized spacial score (nSPS) is 12.9. The minimum Gasteiger partial charge on any atom is -0.311 e. The fourth-order valence-corrected chi connectivity index (χ4v) is 3.29. The lowest BCUT2D eigenvalue weighted by Gasteiger charge is -2.07. The van der Waals surface area contributed by atoms with Gasteiger partial charge in [0, 0.05) is 6.20 Å². The van der Waals surface area contributed by atoms with Crippen LogP contribution in [0, 0.1) is 6.92 Å². The zero-order valence-corrected chi connectivity index (χ0v) is 11.2. The largest absolute Gasteiger partial charge is 0.311 e. The van der Waals surface area contributed by atoms with Gasteiger partial charge < -0.3 is 5.32 Å². The molecular weight excluding hydrogens is 240 g/mol. The standard InChI is InChI=1S/C10H14N4S2/c1-4-7(11-3)9-13-14-10(16-9)8-5-12-6(2)15-8/h5,7,11H,4H2,1-3H3. The molecule has 0 saturated heterocycles. The lowest BCUT2D eigenvalue weighted by atomic mass is 10.2. The Morgan fingerprint density at radius 1 is 1.38 bits per heavy atom. The molecule has 2 aromatic heterocycles. The second-order valence-electron chi connectivity index (χ2n) is 3.44. The highest BCUT2D eigenvalue weighted by molar-refractivity contribution is 7.21. The summed E-state index contributed by atoms with van der Waals surface area (Å²) in [6.07, 6.45) is 2.89. The van der Waals surface area contributed by atoms with Crippen LogP contribution in [0.3, 0.4) is 0 Å². The van der Waals surface area contributed by atoms with Crippen molar-refractivity contribution >= 4 is 22.7 Å². The van der Waals surface area contributed by atoms with Gasteiger partial charge in [0.15, 0.2) is 5.01 Å². The van der Waals surface area contributed by atoms with Crippen molar-refractivity contribution in [3.63, 3.8) is 0 Å². The summed E-state index contributed by atoms with van der Waals surface area (Å²) in [5.41, 5.74) is 0. The molecule has 0 aliphatic rings. The molecule has 0 saturated carbocycles. The summed E-state index contributed by atoms with van der Waals surface area (Å²) in [6, 6.07) is 0.306. The van der Waals surface area contributed by atoms with E-state index in [9.17, 15) is 0 Å². The third-order valence-corrected chi connectivity index (χ3v) is 4.45. The summed E-state index contributed by atoms with van der Waals surface area (Å²) in [7, 11) is 1.95. The molecule has 4 nitrogen and oxygen atoms in total. The van der Waals surface area contributed by atoms with Gasteiger partial charge in [-0.1, -0.05) is 18.3 Å². The van der Waals surface area contributed by atoms with Crippen LogP contribution in [0.5, 0.6) is 0 Å². The van der Waals surface area contributed by atoms with Gasteiger partial charge in [-0.25, -0.2) is 4.98 Å². The molecule has 0 amide bonds. The predicted molar refractivity (Wildman–Crippen MR) is 67.8 cm³/mol. The van der Waals surface area contributed by atoms with Gasteiger partial charge in [-0.3, -0.25) is 0 Å². The van der Waals surface area contributed by atoms with E-state index in [1.54, 1.807) is 22.7 Å². The third kappa shape index (κ3) is 2.28. The van der Waals surface area contributed by atoms with Crippen LogP contribution in [0.1, 0.15) is 29.4 Å². The highest BCUT2D eigenvalue weighted by atomic mass is 32.1. The first-order chi connectivity index (χ1) is 7.74. The second kappa shape index (κ2) is 4.99. The fourth-order valence-electron chi connectivity index (χ4n) is 1.44. The summed E-state index contributed by atoms with van der Waals surface area (Å²) < 4.78 is 0. The molecule has 0 spiro atoms. The van der Waals surface area contributed by atoms with Crippen LogP contribution in [-0.2, 0) is 0 Å². The van der Waals surface area contributed by atoms with Crippen LogP contribution < -0.4 is 5.32 Å². The second-order valence-corrected chi connectivity index (χ2v) is 5.68. The maximum Gasteiger partial charge on any atom is 0.159 e. The molecule has 1 N–H and O–H groups in total. The Morgan fingerprint density at radius 3 is 2.75 bits per heavy atom. The Kier molecular flexibility index (Phi) is 3.63. The van der Waals surface area contributed by atoms with Gasteiger partial charge in [-0.2, -0.15) is 0 Å². The van der Waals surface area contributed by atoms with Gasteiger partial charge >= 0.3 is 0 Å². The van der Waals surface area contributed by atoms with Crippen LogP contribution in [-0.4, -0.2) is 22.2 Å². The highest BCUT2D eigenvalue weighted by Crippen LogP contribution is 2.31. The summed E-state index contributed by atoms with van der Waals surface area (Å²) >= 11 is 3.30. The number of aryl methyl sites for hydroxylation is 1. The summed E-state index contributed by atoms with van der Waals surface area (Å²) in [4.78, 5) is 5.33. The number of hydrogen-bond acceptors (Lipinski definition) is 6. The number of thiazole rings is 1. The number of hydrogen-bond donors (Lipinski definition) is 1. The Labute approximate surface area is 103 Å². The van der Waals surface area contributed by atoms with Crippen molar-refractivity contribution in [3.8, 4) is 9.88 Å². The van der Waals surface area contributed by atoms with E-state index in [2.05, 4.69) is 27.4 Å². The molecule has 0 aromatic carbocycles. The smallest absolute Gasteiger partial charge is 0.159 e. The number of nitrogens with one attached hydrogen (secondary N) is 1. The van der Waals surface area contributed by atoms with Gasteiger partial charge in [-0.15, -0.1) is 21.5 Å². The number of rotatable bonds is 4. The van der Waals surface area contributed by atoms with E-state index >= 15 is 0 Å². The zero-order chi connectivity index (χ0) is 11.5. The minimum absolute atomic E-state index is 0.306. The topological polar surface area (TPSA) is 50.7 Å². The molecule has 0 aliphatic heterocycles. The van der Waals surface area contributed by atoms with Gasteiger partial charge in [0.2, 0.25) is 0 Å². The maximum absolute atomic E-state index is 4.23. The molecule has 2 heterocycles. The molecule has 2 rings (SSSR count). The Hall–Kier alpha value is -0.850. The van der Waals surface area contributed by atoms with E-state index < -0.39 is 0 Å². The van der Waals surface area contributed by atoms with E-state index in [1.165, 1.54) is 0 Å². The summed E-state index contributed by atoms with van der Waals surface area (Å²) in [5, 5.41) is 14.8. The Morgan fingerprint density at radius 2 is 2.19 bits per heavy atom. The van der Waals surface area contributed by atoms with Crippen molar-refractivity contribution in [2.75, 3.05) is 7.05 Å². The zero-order valence-electron chi connectivity index (χ0n) is 9.52. The first-order valence-corrected chi connectivity index (χ1v) is 6.81. The van der Waals surface area contributed by atoms with E-state index in [0.29, 0.717) is 6.04 Å². The van der Waals surface area contributed by atoms with E-state index in [0.717, 1.165) is 26.3 Å². The van der Waals surface area contributed by atoms with Crippen LogP contribution in [0.15, 0.2) is 6.20 Å². The van der Waals surface area contributed by atoms with E-state index in [4.69, 9.17) is 0 Å². The van der Waals surface area contributed by atoms with Crippen LogP contribution in [0.2, 0.25) is 0 Å². The first kappa shape index (κ1) is 11.6. The molecular formula is C10H14N4S2. The molecule has 0 bridgehead atoms. The quantitative estimate of drug-likeness (QED) is 0.911. The molecule has 86 valence electrons. The molecule has 0 radical (unpaired) electrons. The third-order valence-electron chi connectivity index (χ3n) is 2.33. The molecule has 0 aliphatic carbocycles. The molecule has 6 heteroatoms. The van der Waals surface area contributed by atoms with Gasteiger partial charge in [0.25, 0.3) is 0 Å². The fraction of sp³-hybridized carbons (Fsp3) is 0.500. The van der Waals surface area contributed by atoms with Crippen molar-refractivity contribution in [1.82, 2.24) is 20.5 Å². The molecule has 2 aromatic rings. The van der Waals surface area contributed by atoms with Crippen molar-refractivity contribution in [2.45, 2.75) is 26.3 Å². The van der Waals surface area contributed by atoms with Crippen LogP contribution >= 0.6 is 22.7 Å². The number of aromatic nitrogens is 3. The predicted octanol–water partition coefficient (Wildman–Crippen LogP) is 2.64. The van der Waals surface area contributed by atoms with E-state index in [1.807, 2.05) is 20.2 Å². The highest BCUT2D eigenvalue weighted by Gasteiger charge is 2.14. The maximum atomic E-state index is 4.23. The Bertz CT molecular complexity index is 459. The molecule has 16 heavy (non-hydrogen) atoms. The number of nitrogens with zero attached hydrogens (tertiary/aromatic N) is 3. The van der Waals surface area contributed by atoms with Crippen molar-refractivity contribution < 1.29 is 0 Å². The lowest BCUT2D eigenvalue weighted by molar-refractivity contribution is 0.568. The summed E-state index contributed by atoms with van der Waals surface area (Å²) in [5.74, 6) is 0. The average Bonchev–Trinajstić information content (AvgIpc) is 2.89. The van der Waals surface area contributed by atoms with Crippen molar-refractivity contribution in [1.29, 1.82) is 0 Å². The first-order valence-electron chi connectivity index (χ1n) is 5.18. The summed E-state index contributed by atoms with van der Waals surface area (Å²) in [6.45, 7) is 4.14. The average molecular weight is 254 g/mol. The van der Waals surface area contributed by atoms with Gasteiger partial charge in [0.1, 0.15) is 5.01 Å². The van der Waals surface area contributed by atoms with Gasteiger partial charge in [-0.05, 0) is 20.4 Å². The molecule has 1 unspecified atom stereocenters. The molecule has 1 atom stereocenters. The van der Waals surface area contributed by atoms with E-state index in [-0.39, 0.29) is 0 Å². The monoisotopic (exact) mass is 254 g/mol.